The molecule has 0 aliphatic rings. The van der Waals surface area contributed by atoms with Crippen LogP contribution in [0.2, 0.25) is 5.02 Å². The third-order valence-electron chi connectivity index (χ3n) is 2.86. The first-order chi connectivity index (χ1) is 7.82. The maximum absolute atomic E-state index is 13.6. The molecule has 0 amide bonds. The molecule has 1 aromatic carbocycles. The van der Waals surface area contributed by atoms with Crippen molar-refractivity contribution in [3.63, 3.8) is 0 Å². The molecule has 0 aromatic heterocycles. The summed E-state index contributed by atoms with van der Waals surface area (Å²) < 4.78 is 13.6. The highest BCUT2D eigenvalue weighted by molar-refractivity contribution is 6.31. The van der Waals surface area contributed by atoms with Crippen LogP contribution in [0.4, 0.5) is 4.39 Å². The van der Waals surface area contributed by atoms with E-state index in [9.17, 15) is 4.39 Å². The molecule has 0 fully saturated rings. The Morgan fingerprint density at radius 1 is 1.41 bits per heavy atom. The van der Waals surface area contributed by atoms with Gasteiger partial charge in [0.25, 0.3) is 0 Å². The average Bonchev–Trinajstić information content (AvgIpc) is 2.20. The molecule has 0 saturated carbocycles. The topological polar surface area (TPSA) is 29.3 Å². The van der Waals surface area contributed by atoms with Gasteiger partial charge in [-0.15, -0.1) is 0 Å². The number of nitrogens with zero attached hydrogens (tertiary/aromatic N) is 1. The second-order valence-electron chi connectivity index (χ2n) is 4.82. The molecule has 2 nitrogen and oxygen atoms in total. The molecule has 17 heavy (non-hydrogen) atoms. The Labute approximate surface area is 108 Å². The van der Waals surface area contributed by atoms with Crippen molar-refractivity contribution in [2.24, 2.45) is 5.73 Å². The van der Waals surface area contributed by atoms with Crippen LogP contribution < -0.4 is 5.73 Å². The lowest BCUT2D eigenvalue weighted by atomic mass is 9.98. The van der Waals surface area contributed by atoms with Gasteiger partial charge in [0, 0.05) is 17.1 Å². The monoisotopic (exact) mass is 258 g/mol. The van der Waals surface area contributed by atoms with E-state index in [4.69, 9.17) is 17.3 Å². The van der Waals surface area contributed by atoms with Crippen molar-refractivity contribution >= 4 is 11.6 Å². The molecule has 0 aliphatic heterocycles. The fourth-order valence-electron chi connectivity index (χ4n) is 1.89. The van der Waals surface area contributed by atoms with Crippen molar-refractivity contribution in [1.29, 1.82) is 0 Å². The maximum atomic E-state index is 13.6. The molecule has 0 spiro atoms. The minimum atomic E-state index is -0.221. The predicted molar refractivity (Wildman–Crippen MR) is 70.8 cm³/mol. The fraction of sp³-hybridized carbons (Fsp3) is 0.538. The van der Waals surface area contributed by atoms with Gasteiger partial charge in [0.2, 0.25) is 0 Å². The summed E-state index contributed by atoms with van der Waals surface area (Å²) in [6.07, 6.45) is 0.745. The number of aryl methyl sites for hydroxylation is 1. The summed E-state index contributed by atoms with van der Waals surface area (Å²) in [5, 5.41) is 0.600. The highest BCUT2D eigenvalue weighted by Gasteiger charge is 2.20. The molecule has 2 atom stereocenters. The normalized spacial score (nSPS) is 15.1. The van der Waals surface area contributed by atoms with E-state index in [1.807, 2.05) is 25.9 Å². The molecule has 1 rings (SSSR count). The maximum Gasteiger partial charge on any atom is 0.126 e. The number of hydrogen-bond acceptors (Lipinski definition) is 2. The van der Waals surface area contributed by atoms with Gasteiger partial charge in [0.15, 0.2) is 0 Å². The van der Waals surface area contributed by atoms with Gasteiger partial charge in [0.1, 0.15) is 5.82 Å². The lowest BCUT2D eigenvalue weighted by molar-refractivity contribution is 0.272. The van der Waals surface area contributed by atoms with Crippen LogP contribution >= 0.6 is 11.6 Å². The zero-order valence-corrected chi connectivity index (χ0v) is 11.6. The van der Waals surface area contributed by atoms with E-state index < -0.39 is 0 Å². The van der Waals surface area contributed by atoms with Gasteiger partial charge in [0.05, 0.1) is 0 Å². The van der Waals surface area contributed by atoms with Crippen LogP contribution in [0, 0.1) is 12.7 Å². The summed E-state index contributed by atoms with van der Waals surface area (Å²) in [7, 11) is 3.89. The van der Waals surface area contributed by atoms with Gasteiger partial charge in [-0.3, -0.25) is 0 Å². The number of benzene rings is 1. The Kier molecular flexibility index (Phi) is 4.92. The molecule has 0 saturated heterocycles. The van der Waals surface area contributed by atoms with Crippen LogP contribution in [0.3, 0.4) is 0 Å². The third-order valence-corrected chi connectivity index (χ3v) is 3.18. The number of hydrogen-bond donors (Lipinski definition) is 1. The third kappa shape index (κ3) is 3.66. The SMILES string of the molecule is Cc1cc(Cl)c(C(CC(C)N)N(C)C)cc1F. The standard InChI is InChI=1S/C13H20ClFN2/c1-8-5-11(14)10(7-12(8)15)13(17(3)4)6-9(2)16/h5,7,9,13H,6,16H2,1-4H3. The van der Waals surface area contributed by atoms with E-state index in [1.165, 1.54) is 6.07 Å². The first-order valence-corrected chi connectivity index (χ1v) is 6.08. The highest BCUT2D eigenvalue weighted by atomic mass is 35.5. The molecule has 1 aromatic rings. The summed E-state index contributed by atoms with van der Waals surface area (Å²) in [5.74, 6) is -0.221. The molecular weight excluding hydrogens is 239 g/mol. The fourth-order valence-corrected chi connectivity index (χ4v) is 2.23. The largest absolute Gasteiger partial charge is 0.328 e. The van der Waals surface area contributed by atoms with Crippen LogP contribution in [0.5, 0.6) is 0 Å². The predicted octanol–water partition coefficient (Wildman–Crippen LogP) is 3.13. The zero-order valence-electron chi connectivity index (χ0n) is 10.8. The van der Waals surface area contributed by atoms with Crippen LogP contribution in [0.15, 0.2) is 12.1 Å². The number of rotatable bonds is 4. The van der Waals surface area contributed by atoms with E-state index in [1.54, 1.807) is 13.0 Å². The second kappa shape index (κ2) is 5.80. The first kappa shape index (κ1) is 14.4. The van der Waals surface area contributed by atoms with Crippen molar-refractivity contribution in [3.05, 3.63) is 34.1 Å². The van der Waals surface area contributed by atoms with Gasteiger partial charge >= 0.3 is 0 Å². The molecule has 4 heteroatoms. The van der Waals surface area contributed by atoms with Crippen molar-refractivity contribution in [2.45, 2.75) is 32.4 Å². The smallest absolute Gasteiger partial charge is 0.126 e. The molecular formula is C13H20ClFN2. The summed E-state index contributed by atoms with van der Waals surface area (Å²) in [4.78, 5) is 2.01. The zero-order chi connectivity index (χ0) is 13.2. The number of halogens is 2. The van der Waals surface area contributed by atoms with Crippen LogP contribution in [0.25, 0.3) is 0 Å². The molecule has 0 bridgehead atoms. The summed E-state index contributed by atoms with van der Waals surface area (Å²) >= 11 is 6.19. The van der Waals surface area contributed by atoms with Gasteiger partial charge in [-0.05, 0) is 57.6 Å². The van der Waals surface area contributed by atoms with Crippen LogP contribution in [0.1, 0.15) is 30.5 Å². The minimum absolute atomic E-state index is 0.0394. The van der Waals surface area contributed by atoms with E-state index in [0.29, 0.717) is 10.6 Å². The van der Waals surface area contributed by atoms with E-state index >= 15 is 0 Å². The van der Waals surface area contributed by atoms with E-state index in [0.717, 1.165) is 12.0 Å². The molecule has 0 aliphatic carbocycles. The lowest BCUT2D eigenvalue weighted by Crippen LogP contribution is -2.27. The Balaban J connectivity index is 3.14. The van der Waals surface area contributed by atoms with Gasteiger partial charge in [-0.1, -0.05) is 11.6 Å². The summed E-state index contributed by atoms with van der Waals surface area (Å²) in [5.41, 5.74) is 7.19. The van der Waals surface area contributed by atoms with Crippen molar-refractivity contribution < 1.29 is 4.39 Å². The van der Waals surface area contributed by atoms with Crippen molar-refractivity contribution in [1.82, 2.24) is 4.90 Å². The molecule has 0 heterocycles. The lowest BCUT2D eigenvalue weighted by Gasteiger charge is -2.27. The molecule has 2 N–H and O–H groups in total. The molecule has 96 valence electrons. The Hall–Kier alpha value is -0.640. The summed E-state index contributed by atoms with van der Waals surface area (Å²) in [6, 6.07) is 3.27. The van der Waals surface area contributed by atoms with Gasteiger partial charge in [-0.2, -0.15) is 0 Å². The first-order valence-electron chi connectivity index (χ1n) is 5.70. The van der Waals surface area contributed by atoms with Gasteiger partial charge < -0.3 is 10.6 Å². The van der Waals surface area contributed by atoms with E-state index in [2.05, 4.69) is 0 Å². The molecule has 2 unspecified atom stereocenters. The van der Waals surface area contributed by atoms with E-state index in [-0.39, 0.29) is 17.9 Å². The summed E-state index contributed by atoms with van der Waals surface area (Å²) in [6.45, 7) is 3.65. The molecule has 0 radical (unpaired) electrons. The minimum Gasteiger partial charge on any atom is -0.328 e. The Morgan fingerprint density at radius 2 is 2.00 bits per heavy atom. The Bertz CT molecular complexity index is 391. The average molecular weight is 259 g/mol. The van der Waals surface area contributed by atoms with Crippen LogP contribution in [-0.4, -0.2) is 25.0 Å². The van der Waals surface area contributed by atoms with Crippen molar-refractivity contribution in [2.75, 3.05) is 14.1 Å². The van der Waals surface area contributed by atoms with Crippen molar-refractivity contribution in [3.8, 4) is 0 Å². The quantitative estimate of drug-likeness (QED) is 0.899. The number of nitrogens with two attached hydrogens (primary N) is 1. The second-order valence-corrected chi connectivity index (χ2v) is 5.22. The highest BCUT2D eigenvalue weighted by Crippen LogP contribution is 2.31. The van der Waals surface area contributed by atoms with Crippen LogP contribution in [-0.2, 0) is 0 Å². The Morgan fingerprint density at radius 3 is 2.47 bits per heavy atom. The van der Waals surface area contributed by atoms with Gasteiger partial charge in [-0.25, -0.2) is 4.39 Å².